The molecule has 0 aliphatic carbocycles. The third-order valence-corrected chi connectivity index (χ3v) is 5.00. The summed E-state index contributed by atoms with van der Waals surface area (Å²) in [6, 6.07) is 11.4. The molecule has 1 N–H and O–H groups in total. The normalized spacial score (nSPS) is 11.6. The first kappa shape index (κ1) is 19.5. The molecule has 2 rings (SSSR count). The Morgan fingerprint density at radius 1 is 1.12 bits per heavy atom. The van der Waals surface area contributed by atoms with E-state index in [2.05, 4.69) is 4.72 Å². The van der Waals surface area contributed by atoms with Gasteiger partial charge in [0.1, 0.15) is 0 Å². The van der Waals surface area contributed by atoms with E-state index in [-0.39, 0.29) is 16.4 Å². The fourth-order valence-corrected chi connectivity index (χ4v) is 3.23. The monoisotopic (exact) mass is 374 g/mol. The first-order valence-corrected chi connectivity index (χ1v) is 9.38. The molecule has 136 valence electrons. The van der Waals surface area contributed by atoms with Crippen LogP contribution in [0.15, 0.2) is 59.5 Å². The molecule has 0 spiro atoms. The van der Waals surface area contributed by atoms with Crippen molar-refractivity contribution in [1.82, 2.24) is 4.72 Å². The molecule has 0 heterocycles. The summed E-state index contributed by atoms with van der Waals surface area (Å²) in [4.78, 5) is 22.4. The number of hydrogen-bond acceptors (Lipinski definition) is 5. The Balaban J connectivity index is 2.09. The highest BCUT2D eigenvalue weighted by molar-refractivity contribution is 7.89. The van der Waals surface area contributed by atoms with Crippen LogP contribution in [0.25, 0.3) is 6.08 Å². The van der Waals surface area contributed by atoms with E-state index < -0.39 is 14.9 Å². The zero-order valence-electron chi connectivity index (χ0n) is 14.1. The maximum Gasteiger partial charge on any atom is 0.269 e. The van der Waals surface area contributed by atoms with Gasteiger partial charge in [-0.2, -0.15) is 0 Å². The number of nitro benzene ring substituents is 1. The van der Waals surface area contributed by atoms with E-state index in [9.17, 15) is 23.3 Å². The maximum atomic E-state index is 12.2. The first-order valence-electron chi connectivity index (χ1n) is 7.90. The van der Waals surface area contributed by atoms with Crippen molar-refractivity contribution in [2.24, 2.45) is 0 Å². The summed E-state index contributed by atoms with van der Waals surface area (Å²) in [5.74, 6) is -0.297. The summed E-state index contributed by atoms with van der Waals surface area (Å²) in [6.45, 7) is 2.21. The van der Waals surface area contributed by atoms with Gasteiger partial charge in [-0.3, -0.25) is 14.9 Å². The molecule has 26 heavy (non-hydrogen) atoms. The molecule has 0 radical (unpaired) electrons. The maximum absolute atomic E-state index is 12.2. The number of hydrogen-bond donors (Lipinski definition) is 1. The summed E-state index contributed by atoms with van der Waals surface area (Å²) in [5.41, 5.74) is 0.964. The van der Waals surface area contributed by atoms with Crippen LogP contribution in [0.3, 0.4) is 0 Å². The number of nitrogens with one attached hydrogen (secondary N) is 1. The molecule has 0 aromatic heterocycles. The summed E-state index contributed by atoms with van der Waals surface area (Å²) < 4.78 is 26.5. The Morgan fingerprint density at radius 2 is 1.73 bits per heavy atom. The number of carbonyl (C=O) groups excluding carboxylic acids is 1. The van der Waals surface area contributed by atoms with Crippen molar-refractivity contribution >= 4 is 27.6 Å². The minimum absolute atomic E-state index is 0.0260. The van der Waals surface area contributed by atoms with Crippen LogP contribution in [0.2, 0.25) is 0 Å². The van der Waals surface area contributed by atoms with Gasteiger partial charge in [-0.1, -0.05) is 13.0 Å². The van der Waals surface area contributed by atoms with Crippen LogP contribution in [-0.4, -0.2) is 25.7 Å². The predicted octanol–water partition coefficient (Wildman–Crippen LogP) is 3.18. The Kier molecular flexibility index (Phi) is 6.37. The minimum Gasteiger partial charge on any atom is -0.289 e. The number of benzene rings is 2. The summed E-state index contributed by atoms with van der Waals surface area (Å²) in [6.07, 6.45) is 3.56. The molecule has 0 fully saturated rings. The highest BCUT2D eigenvalue weighted by atomic mass is 32.2. The van der Waals surface area contributed by atoms with Crippen molar-refractivity contribution in [1.29, 1.82) is 0 Å². The lowest BCUT2D eigenvalue weighted by Crippen LogP contribution is -2.24. The fraction of sp³-hybridized carbons (Fsp3) is 0.167. The number of rotatable bonds is 8. The van der Waals surface area contributed by atoms with Gasteiger partial charge in [0.2, 0.25) is 10.0 Å². The second-order valence-corrected chi connectivity index (χ2v) is 7.24. The summed E-state index contributed by atoms with van der Waals surface area (Å²) >= 11 is 0. The molecule has 2 aromatic carbocycles. The molecule has 0 aliphatic rings. The Hall–Kier alpha value is -2.84. The lowest BCUT2D eigenvalue weighted by molar-refractivity contribution is -0.384. The number of sulfonamides is 1. The van der Waals surface area contributed by atoms with Crippen molar-refractivity contribution in [2.75, 3.05) is 6.54 Å². The standard InChI is InChI=1S/C18H18N2O5S/c1-2-13-19-26(24,25)17-10-6-15(7-11-17)18(21)12-5-14-3-8-16(9-4-14)20(22)23/h3-12,19H,2,13H2,1H3/b12-5+. The summed E-state index contributed by atoms with van der Waals surface area (Å²) in [5, 5.41) is 10.6. The second kappa shape index (κ2) is 8.50. The van der Waals surface area contributed by atoms with Gasteiger partial charge in [-0.25, -0.2) is 13.1 Å². The lowest BCUT2D eigenvalue weighted by atomic mass is 10.1. The van der Waals surface area contributed by atoms with E-state index in [1.54, 1.807) is 6.08 Å². The molecule has 0 aliphatic heterocycles. The number of nitro groups is 1. The van der Waals surface area contributed by atoms with E-state index in [4.69, 9.17) is 0 Å². The smallest absolute Gasteiger partial charge is 0.269 e. The van der Waals surface area contributed by atoms with Gasteiger partial charge in [-0.05, 0) is 54.5 Å². The first-order chi connectivity index (χ1) is 12.3. The zero-order chi connectivity index (χ0) is 19.2. The molecule has 0 unspecified atom stereocenters. The van der Waals surface area contributed by atoms with Crippen LogP contribution in [-0.2, 0) is 10.0 Å². The number of ketones is 1. The second-order valence-electron chi connectivity index (χ2n) is 5.47. The average Bonchev–Trinajstić information content (AvgIpc) is 2.65. The van der Waals surface area contributed by atoms with Crippen molar-refractivity contribution in [3.05, 3.63) is 75.8 Å². The van der Waals surface area contributed by atoms with Gasteiger partial charge in [0.15, 0.2) is 5.78 Å². The van der Waals surface area contributed by atoms with Crippen LogP contribution < -0.4 is 4.72 Å². The van der Waals surface area contributed by atoms with E-state index in [0.29, 0.717) is 24.1 Å². The quantitative estimate of drug-likeness (QED) is 0.330. The topological polar surface area (TPSA) is 106 Å². The number of allylic oxidation sites excluding steroid dienone is 1. The lowest BCUT2D eigenvalue weighted by Gasteiger charge is -2.05. The SMILES string of the molecule is CCCNS(=O)(=O)c1ccc(C(=O)/C=C/c2ccc([N+](=O)[O-])cc2)cc1. The highest BCUT2D eigenvalue weighted by Gasteiger charge is 2.13. The van der Waals surface area contributed by atoms with Crippen molar-refractivity contribution in [2.45, 2.75) is 18.2 Å². The molecule has 0 atom stereocenters. The van der Waals surface area contributed by atoms with Crippen LogP contribution in [0.1, 0.15) is 29.3 Å². The van der Waals surface area contributed by atoms with Crippen LogP contribution >= 0.6 is 0 Å². The summed E-state index contributed by atoms with van der Waals surface area (Å²) in [7, 11) is -3.57. The average molecular weight is 374 g/mol. The van der Waals surface area contributed by atoms with Crippen LogP contribution in [0.5, 0.6) is 0 Å². The Labute approximate surface area is 151 Å². The molecule has 2 aromatic rings. The van der Waals surface area contributed by atoms with E-state index in [0.717, 1.165) is 0 Å². The fourth-order valence-electron chi connectivity index (χ4n) is 2.09. The van der Waals surface area contributed by atoms with Crippen molar-refractivity contribution in [3.8, 4) is 0 Å². The Bertz CT molecular complexity index is 917. The molecule has 0 bridgehead atoms. The van der Waals surface area contributed by atoms with Crippen LogP contribution in [0, 0.1) is 10.1 Å². The van der Waals surface area contributed by atoms with Gasteiger partial charge in [0.25, 0.3) is 5.69 Å². The van der Waals surface area contributed by atoms with E-state index >= 15 is 0 Å². The highest BCUT2D eigenvalue weighted by Crippen LogP contribution is 2.14. The number of non-ortho nitro benzene ring substituents is 1. The third-order valence-electron chi connectivity index (χ3n) is 3.52. The Morgan fingerprint density at radius 3 is 2.27 bits per heavy atom. The van der Waals surface area contributed by atoms with Gasteiger partial charge < -0.3 is 0 Å². The van der Waals surface area contributed by atoms with Gasteiger partial charge in [-0.15, -0.1) is 0 Å². The molecule has 0 saturated carbocycles. The molecular weight excluding hydrogens is 356 g/mol. The molecular formula is C18H18N2O5S. The van der Waals surface area contributed by atoms with Crippen molar-refractivity contribution in [3.63, 3.8) is 0 Å². The number of nitrogens with zero attached hydrogens (tertiary/aromatic N) is 1. The zero-order valence-corrected chi connectivity index (χ0v) is 14.9. The molecule has 0 amide bonds. The number of carbonyl (C=O) groups is 1. The molecule has 0 saturated heterocycles. The van der Waals surface area contributed by atoms with Gasteiger partial charge in [0, 0.05) is 24.2 Å². The van der Waals surface area contributed by atoms with Crippen molar-refractivity contribution < 1.29 is 18.1 Å². The molecule has 7 nitrogen and oxygen atoms in total. The largest absolute Gasteiger partial charge is 0.289 e. The van der Waals surface area contributed by atoms with Crippen LogP contribution in [0.4, 0.5) is 5.69 Å². The minimum atomic E-state index is -3.57. The predicted molar refractivity (Wildman–Crippen MR) is 98.4 cm³/mol. The van der Waals surface area contributed by atoms with E-state index in [1.807, 2.05) is 6.92 Å². The van der Waals surface area contributed by atoms with Gasteiger partial charge in [0.05, 0.1) is 9.82 Å². The molecule has 8 heteroatoms. The van der Waals surface area contributed by atoms with E-state index in [1.165, 1.54) is 54.6 Å². The van der Waals surface area contributed by atoms with Gasteiger partial charge >= 0.3 is 0 Å². The third kappa shape index (κ3) is 5.08.